The normalized spacial score (nSPS) is 25.1. The molecular formula is C29H28Cl3N3O9. The van der Waals surface area contributed by atoms with Crippen LogP contribution in [0.1, 0.15) is 33.3 Å². The Labute approximate surface area is 266 Å². The molecule has 2 aromatic rings. The van der Waals surface area contributed by atoms with Crippen LogP contribution in [0, 0.1) is 11.8 Å². The first-order valence-electron chi connectivity index (χ1n) is 13.0. The molecule has 5 atom stereocenters. The third kappa shape index (κ3) is 4.87. The number of Topliss-reactive ketones (excluding diaryl/α,β-unsaturated/α-hetero) is 2. The molecule has 3 unspecified atom stereocenters. The molecule has 0 spiro atoms. The standard InChI is InChI=1S/C29H27Cl2N3O9.ClH/c1-34(2)21-14-8-11-7-12-9-15(30)20(33-28(42)19(31)10-3-5-13(35)6-4-10)23(37)16(12)22(36)17(11)25(39)29(14,43)26(40)18(24(21)38)27(32)41;/h3-6,9,11,14,19,21,35,37-39,43H,7-8H2,1-2H3,(H2,32,41)(H,33,42);1H/t11?,14?,19?,21-,29-;/m0./s1. The fraction of sp³-hybridized carbons (Fsp3) is 0.310. The van der Waals surface area contributed by atoms with E-state index in [-0.39, 0.29) is 58.4 Å². The van der Waals surface area contributed by atoms with Crippen molar-refractivity contribution >= 4 is 64.7 Å². The number of allylic oxidation sites excluding steroid dienone is 1. The highest BCUT2D eigenvalue weighted by Crippen LogP contribution is 2.53. The maximum absolute atomic E-state index is 13.9. The minimum absolute atomic E-state index is 0. The summed E-state index contributed by atoms with van der Waals surface area (Å²) in [6.45, 7) is 0. The predicted molar refractivity (Wildman–Crippen MR) is 161 cm³/mol. The van der Waals surface area contributed by atoms with Gasteiger partial charge in [-0.15, -0.1) is 24.0 Å². The number of amides is 2. The van der Waals surface area contributed by atoms with E-state index in [0.29, 0.717) is 5.56 Å². The Balaban J connectivity index is 0.00000442. The van der Waals surface area contributed by atoms with Gasteiger partial charge in [0.05, 0.1) is 16.6 Å². The average Bonchev–Trinajstić information content (AvgIpc) is 2.92. The van der Waals surface area contributed by atoms with Crippen LogP contribution in [-0.2, 0) is 20.8 Å². The fourth-order valence-electron chi connectivity index (χ4n) is 6.37. The van der Waals surface area contributed by atoms with Gasteiger partial charge in [-0.3, -0.25) is 24.1 Å². The number of carbonyl (C=O) groups excluding carboxylic acids is 4. The number of benzene rings is 2. The van der Waals surface area contributed by atoms with Crippen molar-refractivity contribution in [2.24, 2.45) is 17.6 Å². The number of hydrogen-bond donors (Lipinski definition) is 7. The van der Waals surface area contributed by atoms with E-state index in [4.69, 9.17) is 28.9 Å². The second kappa shape index (κ2) is 11.6. The van der Waals surface area contributed by atoms with Gasteiger partial charge in [0, 0.05) is 11.5 Å². The molecule has 3 aliphatic carbocycles. The molecule has 12 nitrogen and oxygen atoms in total. The van der Waals surface area contributed by atoms with Crippen LogP contribution in [0.4, 0.5) is 5.69 Å². The number of hydrogen-bond acceptors (Lipinski definition) is 10. The van der Waals surface area contributed by atoms with Crippen LogP contribution in [0.25, 0.3) is 0 Å². The fourth-order valence-corrected chi connectivity index (χ4v) is 6.84. The Hall–Kier alpha value is -3.81. The van der Waals surface area contributed by atoms with Crippen LogP contribution in [0.5, 0.6) is 11.5 Å². The van der Waals surface area contributed by atoms with Crippen LogP contribution < -0.4 is 11.1 Å². The number of aliphatic hydroxyl groups excluding tert-OH is 2. The number of anilines is 1. The van der Waals surface area contributed by atoms with E-state index in [1.54, 1.807) is 0 Å². The molecular weight excluding hydrogens is 641 g/mol. The van der Waals surface area contributed by atoms with Gasteiger partial charge < -0.3 is 36.6 Å². The van der Waals surface area contributed by atoms with Crippen molar-refractivity contribution in [2.45, 2.75) is 29.9 Å². The molecule has 0 saturated heterocycles. The Morgan fingerprint density at radius 3 is 2.30 bits per heavy atom. The molecule has 234 valence electrons. The van der Waals surface area contributed by atoms with Crippen molar-refractivity contribution in [3.05, 3.63) is 74.7 Å². The Morgan fingerprint density at radius 2 is 1.73 bits per heavy atom. The molecule has 8 N–H and O–H groups in total. The molecule has 2 amide bonds. The van der Waals surface area contributed by atoms with Gasteiger partial charge in [-0.05, 0) is 62.2 Å². The first-order valence-corrected chi connectivity index (χ1v) is 13.9. The number of phenols is 2. The number of rotatable bonds is 5. The van der Waals surface area contributed by atoms with Gasteiger partial charge in [0.25, 0.3) is 5.91 Å². The Morgan fingerprint density at radius 1 is 1.11 bits per heavy atom. The number of halogens is 3. The lowest BCUT2D eigenvalue weighted by atomic mass is 9.58. The summed E-state index contributed by atoms with van der Waals surface area (Å²) in [6, 6.07) is 5.78. The number of primary amides is 1. The van der Waals surface area contributed by atoms with E-state index in [0.717, 1.165) is 0 Å². The number of ketones is 2. The number of fused-ring (bicyclic) bond motifs is 3. The van der Waals surface area contributed by atoms with E-state index < -0.39 is 75.1 Å². The van der Waals surface area contributed by atoms with Crippen molar-refractivity contribution < 1.29 is 44.7 Å². The number of alkyl halides is 1. The summed E-state index contributed by atoms with van der Waals surface area (Å²) in [5.41, 5.74) is 1.25. The second-order valence-corrected chi connectivity index (χ2v) is 11.9. The Kier molecular flexibility index (Phi) is 8.73. The predicted octanol–water partition coefficient (Wildman–Crippen LogP) is 2.82. The van der Waals surface area contributed by atoms with Crippen LogP contribution in [0.3, 0.4) is 0 Å². The number of nitrogens with one attached hydrogen (secondary N) is 1. The number of phenolic OH excluding ortho intramolecular Hbond substituents is 2. The molecule has 0 saturated carbocycles. The van der Waals surface area contributed by atoms with Crippen LogP contribution in [0.2, 0.25) is 5.02 Å². The van der Waals surface area contributed by atoms with E-state index in [2.05, 4.69) is 5.32 Å². The number of aromatic hydroxyl groups is 2. The monoisotopic (exact) mass is 667 g/mol. The average molecular weight is 669 g/mol. The topological polar surface area (TPSA) is 211 Å². The molecule has 44 heavy (non-hydrogen) atoms. The van der Waals surface area contributed by atoms with E-state index in [1.165, 1.54) is 49.3 Å². The number of likely N-dealkylation sites (N-methyl/N-ethyl adjacent to an activating group) is 1. The number of aliphatic hydroxyl groups is 3. The molecule has 2 aromatic carbocycles. The van der Waals surface area contributed by atoms with Gasteiger partial charge in [0.1, 0.15) is 33.9 Å². The van der Waals surface area contributed by atoms with Crippen LogP contribution >= 0.6 is 35.6 Å². The molecule has 0 bridgehead atoms. The van der Waals surface area contributed by atoms with Gasteiger partial charge in [-0.2, -0.15) is 0 Å². The SMILES string of the molecule is CN(C)[C@@H]1C(O)=C(C(N)=O)C(=O)[C@@]2(O)C(O)=C3C(=O)c4c(cc(Cl)c(NC(=O)C(Cl)c5ccc(O)cc5)c4O)CC3CC12.Cl. The highest BCUT2D eigenvalue weighted by Gasteiger charge is 2.63. The van der Waals surface area contributed by atoms with E-state index in [9.17, 15) is 44.7 Å². The Bertz CT molecular complexity index is 1670. The molecule has 15 heteroatoms. The number of nitrogens with zero attached hydrogens (tertiary/aromatic N) is 1. The first kappa shape index (κ1) is 33.1. The first-order chi connectivity index (χ1) is 20.1. The highest BCUT2D eigenvalue weighted by atomic mass is 35.5. The third-order valence-corrected chi connectivity index (χ3v) is 9.08. The molecule has 0 aliphatic heterocycles. The minimum atomic E-state index is -2.78. The smallest absolute Gasteiger partial charge is 0.255 e. The van der Waals surface area contributed by atoms with Crippen molar-refractivity contribution in [1.29, 1.82) is 0 Å². The maximum Gasteiger partial charge on any atom is 0.255 e. The van der Waals surface area contributed by atoms with Gasteiger partial charge in [-0.25, -0.2) is 0 Å². The molecule has 3 aliphatic rings. The van der Waals surface area contributed by atoms with Crippen molar-refractivity contribution in [3.63, 3.8) is 0 Å². The molecule has 0 radical (unpaired) electrons. The molecule has 5 rings (SSSR count). The summed E-state index contributed by atoms with van der Waals surface area (Å²) in [4.78, 5) is 53.8. The van der Waals surface area contributed by atoms with Gasteiger partial charge in [-0.1, -0.05) is 23.7 Å². The lowest BCUT2D eigenvalue weighted by Gasteiger charge is -2.50. The van der Waals surface area contributed by atoms with Gasteiger partial charge >= 0.3 is 0 Å². The quantitative estimate of drug-likeness (QED) is 0.141. The van der Waals surface area contributed by atoms with Crippen molar-refractivity contribution in [3.8, 4) is 11.5 Å². The van der Waals surface area contributed by atoms with Gasteiger partial charge in [0.15, 0.2) is 17.1 Å². The highest BCUT2D eigenvalue weighted by molar-refractivity contribution is 6.37. The zero-order valence-electron chi connectivity index (χ0n) is 23.2. The summed E-state index contributed by atoms with van der Waals surface area (Å²) in [5.74, 6) is -8.79. The maximum atomic E-state index is 13.9. The van der Waals surface area contributed by atoms with Crippen molar-refractivity contribution in [1.82, 2.24) is 4.90 Å². The van der Waals surface area contributed by atoms with E-state index >= 15 is 0 Å². The van der Waals surface area contributed by atoms with Gasteiger partial charge in [0.2, 0.25) is 11.7 Å². The zero-order chi connectivity index (χ0) is 31.7. The minimum Gasteiger partial charge on any atom is -0.510 e. The summed E-state index contributed by atoms with van der Waals surface area (Å²) < 4.78 is 0. The third-order valence-electron chi connectivity index (χ3n) is 8.33. The van der Waals surface area contributed by atoms with E-state index in [1.807, 2.05) is 0 Å². The molecule has 0 fully saturated rings. The summed E-state index contributed by atoms with van der Waals surface area (Å²) in [5, 5.41) is 55.6. The summed E-state index contributed by atoms with van der Waals surface area (Å²) in [7, 11) is 3.07. The second-order valence-electron chi connectivity index (χ2n) is 11.0. The summed E-state index contributed by atoms with van der Waals surface area (Å²) >= 11 is 12.7. The molecule has 0 aromatic heterocycles. The number of nitrogens with two attached hydrogens (primary N) is 1. The summed E-state index contributed by atoms with van der Waals surface area (Å²) in [6.07, 6.45) is -0.0507. The van der Waals surface area contributed by atoms with Crippen LogP contribution in [-0.4, -0.2) is 79.6 Å². The lowest BCUT2D eigenvalue weighted by molar-refractivity contribution is -0.148. The van der Waals surface area contributed by atoms with Crippen molar-refractivity contribution in [2.75, 3.05) is 19.4 Å². The lowest BCUT2D eigenvalue weighted by Crippen LogP contribution is -2.63. The zero-order valence-corrected chi connectivity index (χ0v) is 25.5. The number of carbonyl (C=O) groups is 4. The molecule has 0 heterocycles. The largest absolute Gasteiger partial charge is 0.510 e. The van der Waals surface area contributed by atoms with Crippen LogP contribution in [0.15, 0.2) is 53.0 Å².